The largest absolute Gasteiger partial charge is 0.360 e. The number of anilines is 1. The van der Waals surface area contributed by atoms with Crippen molar-refractivity contribution >= 4 is 22.1 Å². The molecule has 16 heavy (non-hydrogen) atoms. The Balaban J connectivity index is 2.87. The van der Waals surface area contributed by atoms with Crippen molar-refractivity contribution in [3.05, 3.63) is 40.9 Å². The number of benzene rings is 1. The highest BCUT2D eigenvalue weighted by Crippen LogP contribution is 2.09. The molecule has 0 aromatic heterocycles. The average molecular weight is 241 g/mol. The number of nitrogens with one attached hydrogen (secondary N) is 1. The van der Waals surface area contributed by atoms with E-state index in [0.29, 0.717) is 5.69 Å². The van der Waals surface area contributed by atoms with Gasteiger partial charge in [0.05, 0.1) is 0 Å². The van der Waals surface area contributed by atoms with Gasteiger partial charge in [-0.3, -0.25) is 9.35 Å². The van der Waals surface area contributed by atoms with E-state index in [9.17, 15) is 13.2 Å². The van der Waals surface area contributed by atoms with Gasteiger partial charge in [0, 0.05) is 11.9 Å². The van der Waals surface area contributed by atoms with E-state index in [1.807, 2.05) is 19.1 Å². The number of aldehydes is 1. The van der Waals surface area contributed by atoms with Crippen molar-refractivity contribution in [2.45, 2.75) is 6.92 Å². The van der Waals surface area contributed by atoms with Crippen LogP contribution in [0.15, 0.2) is 35.4 Å². The molecule has 0 saturated carbocycles. The van der Waals surface area contributed by atoms with Crippen LogP contribution in [0.2, 0.25) is 0 Å². The van der Waals surface area contributed by atoms with Crippen LogP contribution in [0.4, 0.5) is 5.69 Å². The maximum atomic E-state index is 10.7. The van der Waals surface area contributed by atoms with Crippen LogP contribution >= 0.6 is 0 Å². The zero-order chi connectivity index (χ0) is 12.2. The van der Waals surface area contributed by atoms with E-state index in [0.717, 1.165) is 11.8 Å². The highest BCUT2D eigenvalue weighted by Gasteiger charge is 2.11. The normalized spacial score (nSPS) is 12.2. The lowest BCUT2D eigenvalue weighted by Crippen LogP contribution is -2.05. The molecule has 1 aromatic carbocycles. The number of carbonyl (C=O) groups excluding carboxylic acids is 1. The van der Waals surface area contributed by atoms with Crippen LogP contribution in [0.5, 0.6) is 0 Å². The summed E-state index contributed by atoms with van der Waals surface area (Å²) >= 11 is 0. The standard InChI is InChI=1S/C10H11NO4S/c1-8-2-4-9(5-3-8)11-6-10(7-12)16(13,14)15/h2-7,11H,1H3,(H,13,14,15). The summed E-state index contributed by atoms with van der Waals surface area (Å²) in [5.41, 5.74) is 1.67. The van der Waals surface area contributed by atoms with Crippen LogP contribution in [-0.4, -0.2) is 19.3 Å². The maximum absolute atomic E-state index is 10.7. The Kier molecular flexibility index (Phi) is 3.81. The van der Waals surface area contributed by atoms with Crippen LogP contribution in [0.25, 0.3) is 0 Å². The topological polar surface area (TPSA) is 83.5 Å². The Morgan fingerprint density at radius 3 is 2.31 bits per heavy atom. The van der Waals surface area contributed by atoms with Crippen molar-refractivity contribution in [1.29, 1.82) is 0 Å². The lowest BCUT2D eigenvalue weighted by atomic mass is 10.2. The summed E-state index contributed by atoms with van der Waals surface area (Å²) in [6, 6.07) is 7.09. The van der Waals surface area contributed by atoms with Crippen molar-refractivity contribution in [1.82, 2.24) is 0 Å². The van der Waals surface area contributed by atoms with Gasteiger partial charge >= 0.3 is 0 Å². The summed E-state index contributed by atoms with van der Waals surface area (Å²) in [6.07, 6.45) is 1.00. The number of allylic oxidation sites excluding steroid dienone is 1. The number of rotatable bonds is 4. The van der Waals surface area contributed by atoms with Crippen molar-refractivity contribution in [3.63, 3.8) is 0 Å². The SMILES string of the molecule is Cc1ccc(NC=C(C=O)S(=O)(=O)O)cc1. The van der Waals surface area contributed by atoms with Gasteiger partial charge in [-0.2, -0.15) is 8.42 Å². The summed E-state index contributed by atoms with van der Waals surface area (Å²) in [4.78, 5) is 9.66. The molecule has 0 bridgehead atoms. The minimum Gasteiger partial charge on any atom is -0.360 e. The first-order valence-corrected chi connectivity index (χ1v) is 5.83. The molecule has 0 aliphatic rings. The van der Waals surface area contributed by atoms with E-state index >= 15 is 0 Å². The molecule has 0 unspecified atom stereocenters. The molecule has 0 heterocycles. The first-order chi connectivity index (χ1) is 7.43. The first kappa shape index (κ1) is 12.4. The van der Waals surface area contributed by atoms with Gasteiger partial charge in [0.2, 0.25) is 0 Å². The van der Waals surface area contributed by atoms with E-state index in [1.165, 1.54) is 0 Å². The van der Waals surface area contributed by atoms with Crippen LogP contribution in [-0.2, 0) is 14.9 Å². The van der Waals surface area contributed by atoms with E-state index < -0.39 is 15.0 Å². The highest BCUT2D eigenvalue weighted by atomic mass is 32.2. The predicted molar refractivity (Wildman–Crippen MR) is 60.5 cm³/mol. The smallest absolute Gasteiger partial charge is 0.299 e. The molecule has 0 spiro atoms. The quantitative estimate of drug-likeness (QED) is 0.472. The lowest BCUT2D eigenvalue weighted by Gasteiger charge is -2.01. The van der Waals surface area contributed by atoms with Gasteiger partial charge in [-0.05, 0) is 19.1 Å². The number of hydrogen-bond donors (Lipinski definition) is 2. The molecule has 86 valence electrons. The summed E-state index contributed by atoms with van der Waals surface area (Å²) in [5, 5.41) is 2.60. The molecule has 0 fully saturated rings. The Bertz CT molecular complexity index is 502. The monoisotopic (exact) mass is 241 g/mol. The number of carbonyl (C=O) groups is 1. The van der Waals surface area contributed by atoms with Gasteiger partial charge in [0.25, 0.3) is 10.1 Å². The predicted octanol–water partition coefficient (Wildman–Crippen LogP) is 1.34. The maximum Gasteiger partial charge on any atom is 0.299 e. The van der Waals surface area contributed by atoms with Crippen molar-refractivity contribution in [3.8, 4) is 0 Å². The average Bonchev–Trinajstić information content (AvgIpc) is 2.19. The summed E-state index contributed by atoms with van der Waals surface area (Å²) in [6.45, 7) is 1.91. The Labute approximate surface area is 93.5 Å². The van der Waals surface area contributed by atoms with Crippen LogP contribution in [0, 0.1) is 6.92 Å². The van der Waals surface area contributed by atoms with Gasteiger partial charge in [0.1, 0.15) is 4.91 Å². The molecule has 2 N–H and O–H groups in total. The van der Waals surface area contributed by atoms with Gasteiger partial charge in [-0.25, -0.2) is 0 Å². The van der Waals surface area contributed by atoms with E-state index in [4.69, 9.17) is 4.55 Å². The highest BCUT2D eigenvalue weighted by molar-refractivity contribution is 7.90. The summed E-state index contributed by atoms with van der Waals surface area (Å²) in [5.74, 6) is 0. The third-order valence-electron chi connectivity index (χ3n) is 1.85. The second kappa shape index (κ2) is 4.91. The molecule has 0 radical (unpaired) electrons. The van der Waals surface area contributed by atoms with Gasteiger partial charge in [-0.1, -0.05) is 17.7 Å². The number of aryl methyl sites for hydroxylation is 1. The van der Waals surface area contributed by atoms with Crippen molar-refractivity contribution in [2.24, 2.45) is 0 Å². The molecule has 0 aliphatic carbocycles. The Hall–Kier alpha value is -1.66. The van der Waals surface area contributed by atoms with E-state index in [-0.39, 0.29) is 6.29 Å². The molecule has 0 saturated heterocycles. The number of hydrogen-bond acceptors (Lipinski definition) is 4. The fourth-order valence-electron chi connectivity index (χ4n) is 0.974. The molecular formula is C10H11NO4S. The lowest BCUT2D eigenvalue weighted by molar-refractivity contribution is -0.104. The molecule has 0 atom stereocenters. The minimum absolute atomic E-state index is 0.0660. The first-order valence-electron chi connectivity index (χ1n) is 4.39. The summed E-state index contributed by atoms with van der Waals surface area (Å²) in [7, 11) is -4.46. The molecule has 0 amide bonds. The van der Waals surface area contributed by atoms with Crippen molar-refractivity contribution < 1.29 is 17.8 Å². The fraction of sp³-hybridized carbons (Fsp3) is 0.100. The fourth-order valence-corrected chi connectivity index (χ4v) is 1.30. The van der Waals surface area contributed by atoms with Crippen molar-refractivity contribution in [2.75, 3.05) is 5.32 Å². The second-order valence-electron chi connectivity index (χ2n) is 3.15. The molecular weight excluding hydrogens is 230 g/mol. The third kappa shape index (κ3) is 3.48. The van der Waals surface area contributed by atoms with Crippen LogP contribution < -0.4 is 5.32 Å². The third-order valence-corrected chi connectivity index (χ3v) is 2.66. The molecule has 0 aliphatic heterocycles. The molecule has 5 nitrogen and oxygen atoms in total. The molecule has 6 heteroatoms. The molecule has 1 aromatic rings. The van der Waals surface area contributed by atoms with Crippen LogP contribution in [0.1, 0.15) is 5.56 Å². The second-order valence-corrected chi connectivity index (χ2v) is 4.57. The Morgan fingerprint density at radius 1 is 1.31 bits per heavy atom. The van der Waals surface area contributed by atoms with Crippen LogP contribution in [0.3, 0.4) is 0 Å². The minimum atomic E-state index is -4.46. The van der Waals surface area contributed by atoms with E-state index in [1.54, 1.807) is 12.1 Å². The zero-order valence-electron chi connectivity index (χ0n) is 8.54. The Morgan fingerprint density at radius 2 is 1.88 bits per heavy atom. The zero-order valence-corrected chi connectivity index (χ0v) is 9.36. The van der Waals surface area contributed by atoms with Gasteiger partial charge in [-0.15, -0.1) is 0 Å². The molecule has 1 rings (SSSR count). The summed E-state index contributed by atoms with van der Waals surface area (Å²) < 4.78 is 29.9. The van der Waals surface area contributed by atoms with E-state index in [2.05, 4.69) is 5.32 Å². The van der Waals surface area contributed by atoms with Gasteiger partial charge in [0.15, 0.2) is 6.29 Å². The van der Waals surface area contributed by atoms with Gasteiger partial charge < -0.3 is 5.32 Å².